The maximum Gasteiger partial charge on any atom is 0.0998 e. The zero-order valence-electron chi connectivity index (χ0n) is 9.43. The summed E-state index contributed by atoms with van der Waals surface area (Å²) in [7, 11) is 0. The minimum absolute atomic E-state index is 0.669. The van der Waals surface area contributed by atoms with Crippen molar-refractivity contribution in [3.05, 3.63) is 78.2 Å². The normalized spacial score (nSPS) is 10.9. The second-order valence-electron chi connectivity index (χ2n) is 3.78. The number of nitrogens with zero attached hydrogens (tertiary/aromatic N) is 1. The van der Waals surface area contributed by atoms with Crippen molar-refractivity contribution in [2.45, 2.75) is 0 Å². The summed E-state index contributed by atoms with van der Waals surface area (Å²) in [4.78, 5) is 0. The molecule has 0 aliphatic heterocycles. The summed E-state index contributed by atoms with van der Waals surface area (Å²) >= 11 is 0. The van der Waals surface area contributed by atoms with E-state index >= 15 is 0 Å². The van der Waals surface area contributed by atoms with Gasteiger partial charge in [0.2, 0.25) is 0 Å². The van der Waals surface area contributed by atoms with Crippen molar-refractivity contribution in [2.24, 2.45) is 0 Å². The van der Waals surface area contributed by atoms with E-state index in [4.69, 9.17) is 5.26 Å². The molecule has 17 heavy (non-hydrogen) atoms. The average molecular weight is 218 g/mol. The van der Waals surface area contributed by atoms with Crippen LogP contribution >= 0.6 is 0 Å². The maximum atomic E-state index is 9.16. The summed E-state index contributed by atoms with van der Waals surface area (Å²) in [6, 6.07) is 19.7. The van der Waals surface area contributed by atoms with Gasteiger partial charge in [-0.2, -0.15) is 5.26 Å². The third kappa shape index (κ3) is 2.83. The van der Waals surface area contributed by atoms with E-state index in [-0.39, 0.29) is 0 Å². The number of benzene rings is 2. The molecule has 1 radical (unpaired) electrons. The molecule has 2 rings (SSSR count). The van der Waals surface area contributed by atoms with E-state index < -0.39 is 0 Å². The van der Waals surface area contributed by atoms with Gasteiger partial charge >= 0.3 is 0 Å². The Hall–Kier alpha value is -2.33. The van der Waals surface area contributed by atoms with Crippen molar-refractivity contribution < 1.29 is 0 Å². The molecule has 0 heterocycles. The average Bonchev–Trinajstić information content (AvgIpc) is 2.39. The van der Waals surface area contributed by atoms with Gasteiger partial charge in [-0.25, -0.2) is 0 Å². The van der Waals surface area contributed by atoms with Crippen molar-refractivity contribution in [1.82, 2.24) is 0 Å². The van der Waals surface area contributed by atoms with Crippen LogP contribution in [0.5, 0.6) is 0 Å². The lowest BCUT2D eigenvalue weighted by Gasteiger charge is -1.99. The molecule has 0 bridgehead atoms. The monoisotopic (exact) mass is 218 g/mol. The van der Waals surface area contributed by atoms with Crippen molar-refractivity contribution >= 4 is 11.6 Å². The molecular weight excluding hydrogens is 206 g/mol. The zero-order chi connectivity index (χ0) is 12.1. The quantitative estimate of drug-likeness (QED) is 0.553. The highest BCUT2D eigenvalue weighted by atomic mass is 14.2. The van der Waals surface area contributed by atoms with Gasteiger partial charge in [0, 0.05) is 0 Å². The lowest BCUT2D eigenvalue weighted by molar-refractivity contribution is 1.52. The molecule has 0 N–H and O–H groups in total. The first-order chi connectivity index (χ1) is 8.29. The Morgan fingerprint density at radius 3 is 2.24 bits per heavy atom. The smallest absolute Gasteiger partial charge is 0.0998 e. The lowest BCUT2D eigenvalue weighted by atomic mass is 10.0. The highest BCUT2D eigenvalue weighted by Gasteiger charge is 1.99. The maximum absolute atomic E-state index is 9.16. The van der Waals surface area contributed by atoms with Gasteiger partial charge in [-0.05, 0) is 29.7 Å². The van der Waals surface area contributed by atoms with Crippen LogP contribution in [0, 0.1) is 18.3 Å². The van der Waals surface area contributed by atoms with Crippen LogP contribution in [0.1, 0.15) is 16.7 Å². The highest BCUT2D eigenvalue weighted by Crippen LogP contribution is 2.17. The standard InChI is InChI=1S/C16H12N/c1-13-7-9-14(10-8-13)11-16(12-17)15-5-3-2-4-6-15/h2-11H,1H2. The molecule has 0 amide bonds. The molecule has 2 aromatic rings. The number of hydrogen-bond donors (Lipinski definition) is 0. The van der Waals surface area contributed by atoms with Crippen molar-refractivity contribution in [1.29, 1.82) is 5.26 Å². The van der Waals surface area contributed by atoms with Crippen molar-refractivity contribution in [2.75, 3.05) is 0 Å². The molecule has 0 saturated heterocycles. The minimum Gasteiger partial charge on any atom is -0.192 e. The van der Waals surface area contributed by atoms with Gasteiger partial charge in [0.25, 0.3) is 0 Å². The molecule has 0 aliphatic rings. The van der Waals surface area contributed by atoms with Crippen LogP contribution < -0.4 is 0 Å². The van der Waals surface area contributed by atoms with E-state index in [1.807, 2.05) is 60.7 Å². The van der Waals surface area contributed by atoms with E-state index in [0.717, 1.165) is 16.7 Å². The van der Waals surface area contributed by atoms with E-state index in [1.165, 1.54) is 0 Å². The van der Waals surface area contributed by atoms with Crippen LogP contribution in [0.2, 0.25) is 0 Å². The van der Waals surface area contributed by atoms with Gasteiger partial charge in [-0.3, -0.25) is 0 Å². The first-order valence-electron chi connectivity index (χ1n) is 5.39. The van der Waals surface area contributed by atoms with Gasteiger partial charge in [-0.15, -0.1) is 0 Å². The zero-order valence-corrected chi connectivity index (χ0v) is 9.43. The Kier molecular flexibility index (Phi) is 3.37. The third-order valence-corrected chi connectivity index (χ3v) is 2.50. The number of rotatable bonds is 2. The molecule has 0 atom stereocenters. The van der Waals surface area contributed by atoms with Crippen molar-refractivity contribution in [3.8, 4) is 6.07 Å². The first kappa shape index (κ1) is 11.2. The molecular formula is C16H12N. The van der Waals surface area contributed by atoms with Crippen LogP contribution in [0.3, 0.4) is 0 Å². The predicted molar refractivity (Wildman–Crippen MR) is 70.8 cm³/mol. The van der Waals surface area contributed by atoms with Crippen LogP contribution in [0.25, 0.3) is 11.6 Å². The van der Waals surface area contributed by atoms with Gasteiger partial charge < -0.3 is 0 Å². The molecule has 2 aromatic carbocycles. The predicted octanol–water partition coefficient (Wildman–Crippen LogP) is 3.93. The summed E-state index contributed by atoms with van der Waals surface area (Å²) < 4.78 is 0. The number of nitriles is 1. The van der Waals surface area contributed by atoms with E-state index in [2.05, 4.69) is 13.0 Å². The molecule has 0 aromatic heterocycles. The highest BCUT2D eigenvalue weighted by molar-refractivity contribution is 5.89. The summed E-state index contributed by atoms with van der Waals surface area (Å²) in [5.74, 6) is 0. The summed E-state index contributed by atoms with van der Waals surface area (Å²) in [5, 5.41) is 9.16. The third-order valence-electron chi connectivity index (χ3n) is 2.50. The van der Waals surface area contributed by atoms with Gasteiger partial charge in [0.1, 0.15) is 0 Å². The summed E-state index contributed by atoms with van der Waals surface area (Å²) in [5.41, 5.74) is 3.59. The van der Waals surface area contributed by atoms with Gasteiger partial charge in [0.15, 0.2) is 0 Å². The Morgan fingerprint density at radius 2 is 1.65 bits per heavy atom. The van der Waals surface area contributed by atoms with Gasteiger partial charge in [-0.1, -0.05) is 54.6 Å². The molecule has 1 heteroatoms. The number of hydrogen-bond acceptors (Lipinski definition) is 1. The molecule has 0 aliphatic carbocycles. The first-order valence-corrected chi connectivity index (χ1v) is 5.39. The Balaban J connectivity index is 2.37. The topological polar surface area (TPSA) is 23.8 Å². The summed E-state index contributed by atoms with van der Waals surface area (Å²) in [6.07, 6.45) is 1.88. The fraction of sp³-hybridized carbons (Fsp3) is 0. The SMILES string of the molecule is [CH2]c1ccc(C=C(C#N)c2ccccc2)cc1. The van der Waals surface area contributed by atoms with E-state index in [9.17, 15) is 0 Å². The molecule has 0 unspecified atom stereocenters. The molecule has 81 valence electrons. The minimum atomic E-state index is 0.669. The van der Waals surface area contributed by atoms with Crippen LogP contribution in [0.4, 0.5) is 0 Å². The molecule has 0 spiro atoms. The van der Waals surface area contributed by atoms with E-state index in [1.54, 1.807) is 0 Å². The lowest BCUT2D eigenvalue weighted by Crippen LogP contribution is -1.81. The Labute approximate surface area is 102 Å². The van der Waals surface area contributed by atoms with Crippen LogP contribution in [0.15, 0.2) is 54.6 Å². The van der Waals surface area contributed by atoms with Crippen molar-refractivity contribution in [3.63, 3.8) is 0 Å². The second kappa shape index (κ2) is 5.14. The fourth-order valence-corrected chi connectivity index (χ4v) is 1.58. The Morgan fingerprint density at radius 1 is 1.00 bits per heavy atom. The fourth-order valence-electron chi connectivity index (χ4n) is 1.58. The molecule has 0 fully saturated rings. The van der Waals surface area contributed by atoms with Crippen LogP contribution in [-0.2, 0) is 0 Å². The second-order valence-corrected chi connectivity index (χ2v) is 3.78. The van der Waals surface area contributed by atoms with Crippen LogP contribution in [-0.4, -0.2) is 0 Å². The molecule has 1 nitrogen and oxygen atoms in total. The number of allylic oxidation sites excluding steroid dienone is 1. The van der Waals surface area contributed by atoms with Gasteiger partial charge in [0.05, 0.1) is 11.6 Å². The Bertz CT molecular complexity index is 557. The molecule has 0 saturated carbocycles. The summed E-state index contributed by atoms with van der Waals surface area (Å²) in [6.45, 7) is 3.83. The largest absolute Gasteiger partial charge is 0.192 e. The van der Waals surface area contributed by atoms with E-state index in [0.29, 0.717) is 5.57 Å².